The number of benzene rings is 1. The van der Waals surface area contributed by atoms with Crippen LogP contribution in [0.25, 0.3) is 0 Å². The van der Waals surface area contributed by atoms with E-state index >= 15 is 0 Å². The zero-order chi connectivity index (χ0) is 19.3. The quantitative estimate of drug-likeness (QED) is 0.762. The first-order chi connectivity index (χ1) is 11.6. The lowest BCUT2D eigenvalue weighted by Gasteiger charge is -2.19. The Morgan fingerprint density at radius 1 is 1.20 bits per heavy atom. The van der Waals surface area contributed by atoms with Crippen molar-refractivity contribution < 1.29 is 9.53 Å². The van der Waals surface area contributed by atoms with E-state index in [1.54, 1.807) is 0 Å². The van der Waals surface area contributed by atoms with Crippen LogP contribution in [0.15, 0.2) is 24.3 Å². The number of carbonyl (C=O) groups excluding carboxylic acids is 1. The summed E-state index contributed by atoms with van der Waals surface area (Å²) in [5, 5.41) is 14.4. The second-order valence-electron chi connectivity index (χ2n) is 7.36. The lowest BCUT2D eigenvalue weighted by atomic mass is 10.2. The highest BCUT2D eigenvalue weighted by Gasteiger charge is 2.15. The molecule has 2 N–H and O–H groups in total. The molecule has 1 aromatic rings. The summed E-state index contributed by atoms with van der Waals surface area (Å²) < 4.78 is 5.11. The maximum atomic E-state index is 11.2. The van der Waals surface area contributed by atoms with Crippen molar-refractivity contribution in [2.24, 2.45) is 5.92 Å². The Bertz CT molecular complexity index is 525. The molecule has 0 saturated carbocycles. The molecule has 0 atom stereocenters. The molecule has 0 unspecified atom stereocenters. The fraction of sp³-hybridized carbons (Fsp3) is 0.600. The van der Waals surface area contributed by atoms with E-state index in [1.165, 1.54) is 5.56 Å². The maximum Gasteiger partial charge on any atom is 0.407 e. The Kier molecular flexibility index (Phi) is 11.3. The molecule has 1 rings (SSSR count). The van der Waals surface area contributed by atoms with Crippen molar-refractivity contribution in [3.63, 3.8) is 0 Å². The normalized spacial score (nSPS) is 10.5. The number of alkyl carbamates (subject to hydrolysis) is 1. The highest BCUT2D eigenvalue weighted by Crippen LogP contribution is 2.06. The van der Waals surface area contributed by atoms with Gasteiger partial charge in [0.15, 0.2) is 0 Å². The van der Waals surface area contributed by atoms with Crippen molar-refractivity contribution in [1.82, 2.24) is 10.6 Å². The van der Waals surface area contributed by atoms with Crippen LogP contribution in [-0.2, 0) is 4.74 Å². The minimum atomic E-state index is -0.417. The van der Waals surface area contributed by atoms with Crippen molar-refractivity contribution >= 4 is 6.09 Å². The minimum Gasteiger partial charge on any atom is -0.444 e. The predicted molar refractivity (Wildman–Crippen MR) is 102 cm³/mol. The number of ether oxygens (including phenoxy) is 1. The van der Waals surface area contributed by atoms with E-state index in [4.69, 9.17) is 10.00 Å². The SMILES string of the molecule is CC(C)CNCCCNC(=O)OC(C)(C)C.Cc1ccc(C#N)cc1. The second-order valence-corrected chi connectivity index (χ2v) is 7.36. The first-order valence-electron chi connectivity index (χ1n) is 8.78. The molecule has 0 heterocycles. The van der Waals surface area contributed by atoms with Gasteiger partial charge in [-0.25, -0.2) is 4.79 Å². The summed E-state index contributed by atoms with van der Waals surface area (Å²) in [7, 11) is 0. The van der Waals surface area contributed by atoms with E-state index < -0.39 is 5.60 Å². The van der Waals surface area contributed by atoms with Crippen LogP contribution in [0.3, 0.4) is 0 Å². The van der Waals surface area contributed by atoms with Crippen LogP contribution >= 0.6 is 0 Å². The smallest absolute Gasteiger partial charge is 0.407 e. The van der Waals surface area contributed by atoms with Gasteiger partial charge in [-0.15, -0.1) is 0 Å². The van der Waals surface area contributed by atoms with E-state index in [1.807, 2.05) is 52.0 Å². The van der Waals surface area contributed by atoms with Gasteiger partial charge in [0.1, 0.15) is 5.60 Å². The number of rotatable bonds is 6. The summed E-state index contributed by atoms with van der Waals surface area (Å²) >= 11 is 0. The molecule has 0 aliphatic carbocycles. The Labute approximate surface area is 152 Å². The number of nitrogens with zero attached hydrogens (tertiary/aromatic N) is 1. The van der Waals surface area contributed by atoms with E-state index in [-0.39, 0.29) is 6.09 Å². The molecule has 1 aromatic carbocycles. The zero-order valence-electron chi connectivity index (χ0n) is 16.5. The molecule has 0 aromatic heterocycles. The third kappa shape index (κ3) is 15.2. The van der Waals surface area contributed by atoms with Crippen LogP contribution in [0.5, 0.6) is 0 Å². The van der Waals surface area contributed by atoms with Crippen LogP contribution in [0, 0.1) is 24.2 Å². The molecule has 0 fully saturated rings. The number of amides is 1. The monoisotopic (exact) mass is 347 g/mol. The summed E-state index contributed by atoms with van der Waals surface area (Å²) in [4.78, 5) is 11.2. The van der Waals surface area contributed by atoms with Crippen LogP contribution in [-0.4, -0.2) is 31.3 Å². The molecule has 0 bridgehead atoms. The van der Waals surface area contributed by atoms with Gasteiger partial charge in [-0.2, -0.15) is 5.26 Å². The third-order valence-electron chi connectivity index (χ3n) is 2.93. The standard InChI is InChI=1S/C12H26N2O2.C8H7N/c1-10(2)9-13-7-6-8-14-11(15)16-12(3,4)5;1-7-2-4-8(6-9)5-3-7/h10,13H,6-9H2,1-5H3,(H,14,15);2-5H,1H3. The van der Waals surface area contributed by atoms with E-state index in [0.717, 1.165) is 25.1 Å². The molecule has 0 aliphatic rings. The van der Waals surface area contributed by atoms with Gasteiger partial charge in [0.25, 0.3) is 0 Å². The lowest BCUT2D eigenvalue weighted by molar-refractivity contribution is 0.0527. The molecule has 5 heteroatoms. The number of hydrogen-bond donors (Lipinski definition) is 2. The summed E-state index contributed by atoms with van der Waals surface area (Å²) in [6.45, 7) is 14.5. The molecule has 25 heavy (non-hydrogen) atoms. The predicted octanol–water partition coefficient (Wildman–Crippen LogP) is 4.01. The molecule has 0 saturated heterocycles. The number of nitriles is 1. The third-order valence-corrected chi connectivity index (χ3v) is 2.93. The van der Waals surface area contributed by atoms with Gasteiger partial charge in [-0.3, -0.25) is 0 Å². The number of carbonyl (C=O) groups is 1. The van der Waals surface area contributed by atoms with Crippen molar-refractivity contribution in [1.29, 1.82) is 5.26 Å². The van der Waals surface area contributed by atoms with Crippen LogP contribution in [0.2, 0.25) is 0 Å². The average Bonchev–Trinajstić information content (AvgIpc) is 2.50. The van der Waals surface area contributed by atoms with Crippen LogP contribution in [0.4, 0.5) is 4.79 Å². The molecule has 0 aliphatic heterocycles. The van der Waals surface area contributed by atoms with E-state index in [2.05, 4.69) is 30.6 Å². The number of nitrogens with one attached hydrogen (secondary N) is 2. The molecule has 5 nitrogen and oxygen atoms in total. The molecule has 0 spiro atoms. The summed E-state index contributed by atoms with van der Waals surface area (Å²) in [6.07, 6.45) is 0.586. The molecule has 1 amide bonds. The summed E-state index contributed by atoms with van der Waals surface area (Å²) in [6, 6.07) is 9.54. The first kappa shape index (κ1) is 22.9. The van der Waals surface area contributed by atoms with Crippen LogP contribution < -0.4 is 10.6 Å². The lowest BCUT2D eigenvalue weighted by Crippen LogP contribution is -2.34. The van der Waals surface area contributed by atoms with Crippen molar-refractivity contribution in [2.75, 3.05) is 19.6 Å². The Balaban J connectivity index is 0.000000535. The largest absolute Gasteiger partial charge is 0.444 e. The fourth-order valence-corrected chi connectivity index (χ4v) is 1.74. The van der Waals surface area contributed by atoms with Crippen LogP contribution in [0.1, 0.15) is 52.2 Å². The van der Waals surface area contributed by atoms with Crippen molar-refractivity contribution in [3.05, 3.63) is 35.4 Å². The highest BCUT2D eigenvalue weighted by molar-refractivity contribution is 5.67. The van der Waals surface area contributed by atoms with Gasteiger partial charge in [-0.05, 0) is 65.3 Å². The number of hydrogen-bond acceptors (Lipinski definition) is 4. The molecular weight excluding hydrogens is 314 g/mol. The Hall–Kier alpha value is -2.06. The highest BCUT2D eigenvalue weighted by atomic mass is 16.6. The van der Waals surface area contributed by atoms with Gasteiger partial charge in [0.05, 0.1) is 11.6 Å². The van der Waals surface area contributed by atoms with Gasteiger partial charge in [0.2, 0.25) is 0 Å². The summed E-state index contributed by atoms with van der Waals surface area (Å²) in [5.41, 5.74) is 1.49. The van der Waals surface area contributed by atoms with Crippen molar-refractivity contribution in [2.45, 2.75) is 53.6 Å². The molecule has 140 valence electrons. The Morgan fingerprint density at radius 3 is 2.28 bits per heavy atom. The topological polar surface area (TPSA) is 74.2 Å². The van der Waals surface area contributed by atoms with Gasteiger partial charge in [-0.1, -0.05) is 31.5 Å². The molecular formula is C20H33N3O2. The summed E-state index contributed by atoms with van der Waals surface area (Å²) in [5.74, 6) is 0.666. The molecule has 0 radical (unpaired) electrons. The average molecular weight is 348 g/mol. The van der Waals surface area contributed by atoms with Gasteiger partial charge >= 0.3 is 6.09 Å². The first-order valence-corrected chi connectivity index (χ1v) is 8.78. The number of aryl methyl sites for hydroxylation is 1. The minimum absolute atomic E-state index is 0.337. The Morgan fingerprint density at radius 2 is 1.80 bits per heavy atom. The van der Waals surface area contributed by atoms with Gasteiger partial charge < -0.3 is 15.4 Å². The second kappa shape index (κ2) is 12.3. The van der Waals surface area contributed by atoms with E-state index in [9.17, 15) is 4.79 Å². The zero-order valence-corrected chi connectivity index (χ0v) is 16.5. The van der Waals surface area contributed by atoms with Crippen molar-refractivity contribution in [3.8, 4) is 6.07 Å². The maximum absolute atomic E-state index is 11.2. The fourth-order valence-electron chi connectivity index (χ4n) is 1.74. The van der Waals surface area contributed by atoms with E-state index in [0.29, 0.717) is 12.5 Å². The van der Waals surface area contributed by atoms with Gasteiger partial charge in [0, 0.05) is 6.54 Å².